The molecule has 0 saturated carbocycles. The highest BCUT2D eigenvalue weighted by Crippen LogP contribution is 2.36. The number of likely N-dealkylation sites (tertiary alicyclic amines) is 1. The van der Waals surface area contributed by atoms with E-state index < -0.39 is 11.8 Å². The molecule has 1 aromatic carbocycles. The van der Waals surface area contributed by atoms with Crippen molar-refractivity contribution in [1.29, 1.82) is 0 Å². The molecule has 0 radical (unpaired) electrons. The van der Waals surface area contributed by atoms with Crippen molar-refractivity contribution in [3.63, 3.8) is 0 Å². The number of hydrogen-bond acceptors (Lipinski definition) is 5. The van der Waals surface area contributed by atoms with E-state index in [0.717, 1.165) is 18.4 Å². The number of carbonyl (C=O) groups excluding carboxylic acids is 2. The van der Waals surface area contributed by atoms with E-state index in [0.29, 0.717) is 37.0 Å². The van der Waals surface area contributed by atoms with Gasteiger partial charge in [-0.25, -0.2) is 4.90 Å². The van der Waals surface area contributed by atoms with Crippen LogP contribution in [0.1, 0.15) is 24.8 Å². The molecule has 7 heteroatoms. The summed E-state index contributed by atoms with van der Waals surface area (Å²) >= 11 is 6.26. The lowest BCUT2D eigenvalue weighted by molar-refractivity contribution is -0.188. The molecule has 0 N–H and O–H groups in total. The Kier molecular flexibility index (Phi) is 4.32. The van der Waals surface area contributed by atoms with Crippen LogP contribution < -0.4 is 4.90 Å². The molecule has 3 aliphatic rings. The van der Waals surface area contributed by atoms with E-state index >= 15 is 0 Å². The Morgan fingerprint density at radius 2 is 1.84 bits per heavy atom. The van der Waals surface area contributed by atoms with Gasteiger partial charge in [0.05, 0.1) is 36.4 Å². The van der Waals surface area contributed by atoms with Gasteiger partial charge in [0.25, 0.3) is 5.91 Å². The fraction of sp³-hybridized carbons (Fsp3) is 0.556. The van der Waals surface area contributed by atoms with Crippen LogP contribution in [0, 0.1) is 6.92 Å². The summed E-state index contributed by atoms with van der Waals surface area (Å²) in [7, 11) is 0. The van der Waals surface area contributed by atoms with Crippen molar-refractivity contribution in [1.82, 2.24) is 4.90 Å². The number of anilines is 1. The van der Waals surface area contributed by atoms with E-state index in [1.54, 1.807) is 12.1 Å². The van der Waals surface area contributed by atoms with Gasteiger partial charge in [0.1, 0.15) is 0 Å². The van der Waals surface area contributed by atoms with Crippen molar-refractivity contribution in [2.75, 3.05) is 31.2 Å². The molecule has 134 valence electrons. The molecule has 3 aliphatic heterocycles. The summed E-state index contributed by atoms with van der Waals surface area (Å²) in [5, 5.41) is 0.424. The maximum atomic E-state index is 12.9. The zero-order chi connectivity index (χ0) is 17.6. The normalized spacial score (nSPS) is 26.8. The lowest BCUT2D eigenvalue weighted by Gasteiger charge is -2.39. The van der Waals surface area contributed by atoms with Crippen LogP contribution in [0.4, 0.5) is 5.69 Å². The molecule has 4 rings (SSSR count). The number of rotatable bonds is 2. The third-order valence-electron chi connectivity index (χ3n) is 5.28. The molecule has 0 aliphatic carbocycles. The van der Waals surface area contributed by atoms with Crippen LogP contribution in [-0.4, -0.2) is 54.8 Å². The van der Waals surface area contributed by atoms with Crippen LogP contribution >= 0.6 is 11.6 Å². The largest absolute Gasteiger partial charge is 0.347 e. The summed E-state index contributed by atoms with van der Waals surface area (Å²) in [6, 6.07) is 4.93. The van der Waals surface area contributed by atoms with Crippen molar-refractivity contribution >= 4 is 29.1 Å². The number of piperidine rings is 1. The number of hydrogen-bond donors (Lipinski definition) is 0. The molecule has 0 aromatic heterocycles. The second kappa shape index (κ2) is 6.36. The topological polar surface area (TPSA) is 59.1 Å². The highest BCUT2D eigenvalue weighted by atomic mass is 35.5. The van der Waals surface area contributed by atoms with E-state index in [1.807, 2.05) is 13.0 Å². The Bertz CT molecular complexity index is 707. The lowest BCUT2D eigenvalue weighted by Crippen LogP contribution is -2.51. The lowest BCUT2D eigenvalue weighted by atomic mass is 10.0. The highest BCUT2D eigenvalue weighted by Gasteiger charge is 2.47. The summed E-state index contributed by atoms with van der Waals surface area (Å²) in [6.07, 6.45) is 1.63. The number of ether oxygens (including phenoxy) is 2. The third-order valence-corrected chi connectivity index (χ3v) is 5.58. The van der Waals surface area contributed by atoms with Gasteiger partial charge in [0.15, 0.2) is 5.79 Å². The van der Waals surface area contributed by atoms with E-state index in [2.05, 4.69) is 4.90 Å². The summed E-state index contributed by atoms with van der Waals surface area (Å²) in [5.74, 6) is -0.878. The Balaban J connectivity index is 1.50. The van der Waals surface area contributed by atoms with Gasteiger partial charge in [0, 0.05) is 25.9 Å². The Labute approximate surface area is 151 Å². The zero-order valence-electron chi connectivity index (χ0n) is 14.2. The molecule has 1 atom stereocenters. The van der Waals surface area contributed by atoms with Crippen LogP contribution in [0.2, 0.25) is 5.02 Å². The third kappa shape index (κ3) is 2.97. The van der Waals surface area contributed by atoms with E-state index in [-0.39, 0.29) is 18.2 Å². The predicted octanol–water partition coefficient (Wildman–Crippen LogP) is 2.12. The Morgan fingerprint density at radius 3 is 2.48 bits per heavy atom. The molecule has 25 heavy (non-hydrogen) atoms. The molecule has 0 unspecified atom stereocenters. The van der Waals surface area contributed by atoms with Crippen molar-refractivity contribution in [3.8, 4) is 0 Å². The van der Waals surface area contributed by atoms with E-state index in [9.17, 15) is 9.59 Å². The van der Waals surface area contributed by atoms with E-state index in [4.69, 9.17) is 21.1 Å². The van der Waals surface area contributed by atoms with Gasteiger partial charge >= 0.3 is 0 Å². The minimum Gasteiger partial charge on any atom is -0.347 e. The van der Waals surface area contributed by atoms with E-state index in [1.165, 1.54) is 4.90 Å². The van der Waals surface area contributed by atoms with Gasteiger partial charge in [0.2, 0.25) is 5.91 Å². The van der Waals surface area contributed by atoms with Crippen LogP contribution in [0.25, 0.3) is 0 Å². The summed E-state index contributed by atoms with van der Waals surface area (Å²) in [4.78, 5) is 28.7. The molecule has 3 saturated heterocycles. The average Bonchev–Trinajstić information content (AvgIpc) is 3.15. The SMILES string of the molecule is Cc1ccc(N2C(=O)C[C@H](N3CCC4(CC3)OCCO4)C2=O)c(Cl)c1. The number of imide groups is 1. The maximum absolute atomic E-state index is 12.9. The molecular formula is C18H21ClN2O4. The number of benzene rings is 1. The Morgan fingerprint density at radius 1 is 1.16 bits per heavy atom. The number of carbonyl (C=O) groups is 2. The van der Waals surface area contributed by atoms with Crippen LogP contribution in [-0.2, 0) is 19.1 Å². The Hall–Kier alpha value is -1.47. The second-order valence-electron chi connectivity index (χ2n) is 6.89. The molecular weight excluding hydrogens is 344 g/mol. The molecule has 6 nitrogen and oxygen atoms in total. The van der Waals surface area contributed by atoms with Crippen molar-refractivity contribution in [2.24, 2.45) is 0 Å². The van der Waals surface area contributed by atoms with Gasteiger partial charge < -0.3 is 9.47 Å². The standard InChI is InChI=1S/C18H21ClN2O4/c1-12-2-3-14(13(19)10-12)21-16(22)11-15(17(21)23)20-6-4-18(5-7-20)24-8-9-25-18/h2-3,10,15H,4-9,11H2,1H3/t15-/m0/s1. The van der Waals surface area contributed by atoms with Gasteiger partial charge in [-0.2, -0.15) is 0 Å². The minimum absolute atomic E-state index is 0.192. The van der Waals surface area contributed by atoms with Gasteiger partial charge in [-0.15, -0.1) is 0 Å². The number of amides is 2. The van der Waals surface area contributed by atoms with Crippen molar-refractivity contribution in [2.45, 2.75) is 38.0 Å². The summed E-state index contributed by atoms with van der Waals surface area (Å²) < 4.78 is 11.5. The first-order chi connectivity index (χ1) is 12.0. The molecule has 0 bridgehead atoms. The summed E-state index contributed by atoms with van der Waals surface area (Å²) in [6.45, 7) is 4.53. The quantitative estimate of drug-likeness (QED) is 0.752. The van der Waals surface area contributed by atoms with Gasteiger partial charge in [-0.3, -0.25) is 14.5 Å². The zero-order valence-corrected chi connectivity index (χ0v) is 14.9. The van der Waals surface area contributed by atoms with Gasteiger partial charge in [-0.1, -0.05) is 17.7 Å². The van der Waals surface area contributed by atoms with Crippen LogP contribution in [0.5, 0.6) is 0 Å². The first-order valence-corrected chi connectivity index (χ1v) is 9.02. The average molecular weight is 365 g/mol. The number of nitrogens with zero attached hydrogens (tertiary/aromatic N) is 2. The smallest absolute Gasteiger partial charge is 0.251 e. The fourth-order valence-electron chi connectivity index (χ4n) is 3.91. The van der Waals surface area contributed by atoms with Crippen LogP contribution in [0.15, 0.2) is 18.2 Å². The van der Waals surface area contributed by atoms with Gasteiger partial charge in [-0.05, 0) is 24.6 Å². The monoisotopic (exact) mass is 364 g/mol. The van der Waals surface area contributed by atoms with Crippen molar-refractivity contribution in [3.05, 3.63) is 28.8 Å². The number of aryl methyl sites for hydroxylation is 1. The predicted molar refractivity (Wildman–Crippen MR) is 92.5 cm³/mol. The van der Waals surface area contributed by atoms with Crippen molar-refractivity contribution < 1.29 is 19.1 Å². The fourth-order valence-corrected chi connectivity index (χ4v) is 4.23. The molecule has 3 fully saturated rings. The number of halogens is 1. The molecule has 3 heterocycles. The first-order valence-electron chi connectivity index (χ1n) is 8.64. The second-order valence-corrected chi connectivity index (χ2v) is 7.29. The molecule has 2 amide bonds. The van der Waals surface area contributed by atoms with Crippen LogP contribution in [0.3, 0.4) is 0 Å². The maximum Gasteiger partial charge on any atom is 0.251 e. The first kappa shape index (κ1) is 17.0. The minimum atomic E-state index is -0.484. The summed E-state index contributed by atoms with van der Waals surface area (Å²) in [5.41, 5.74) is 1.46. The molecule has 1 aromatic rings. The highest BCUT2D eigenvalue weighted by molar-refractivity contribution is 6.36. The molecule has 1 spiro atoms.